The number of nitrogens with zero attached hydrogens (tertiary/aromatic N) is 2. The molecule has 2 heterocycles. The number of imidazole rings is 1. The summed E-state index contributed by atoms with van der Waals surface area (Å²) in [5.74, 6) is 1.78. The van der Waals surface area contributed by atoms with Crippen molar-refractivity contribution in [1.29, 1.82) is 0 Å². The minimum atomic E-state index is 0.427. The molecular formula is C10H10ClN3O. The Labute approximate surface area is 92.3 Å². The summed E-state index contributed by atoms with van der Waals surface area (Å²) in [4.78, 5) is 11.4. The van der Waals surface area contributed by atoms with Crippen molar-refractivity contribution in [2.75, 3.05) is 7.11 Å². The Balaban J connectivity index is 2.28. The quantitative estimate of drug-likeness (QED) is 0.812. The van der Waals surface area contributed by atoms with Gasteiger partial charge in [0.2, 0.25) is 5.88 Å². The monoisotopic (exact) mass is 223 g/mol. The molecule has 2 rings (SSSR count). The van der Waals surface area contributed by atoms with Crippen molar-refractivity contribution in [3.63, 3.8) is 0 Å². The van der Waals surface area contributed by atoms with E-state index in [1.807, 2.05) is 6.07 Å². The first kappa shape index (κ1) is 9.98. The maximum Gasteiger partial charge on any atom is 0.212 e. The SMILES string of the molecule is COc1ccc(-c2ncc(CCl)[nH]2)cn1. The Hall–Kier alpha value is -1.55. The molecule has 2 aromatic rings. The van der Waals surface area contributed by atoms with E-state index in [-0.39, 0.29) is 0 Å². The van der Waals surface area contributed by atoms with E-state index in [0.29, 0.717) is 11.8 Å². The highest BCUT2D eigenvalue weighted by Gasteiger charge is 2.03. The van der Waals surface area contributed by atoms with E-state index in [9.17, 15) is 0 Å². The largest absolute Gasteiger partial charge is 0.481 e. The Morgan fingerprint density at radius 2 is 2.20 bits per heavy atom. The smallest absolute Gasteiger partial charge is 0.212 e. The van der Waals surface area contributed by atoms with Crippen molar-refractivity contribution in [3.8, 4) is 17.3 Å². The number of methoxy groups -OCH3 is 1. The van der Waals surface area contributed by atoms with Crippen LogP contribution < -0.4 is 4.74 Å². The molecule has 5 heteroatoms. The minimum absolute atomic E-state index is 0.427. The van der Waals surface area contributed by atoms with Gasteiger partial charge in [0.25, 0.3) is 0 Å². The zero-order valence-corrected chi connectivity index (χ0v) is 8.95. The fourth-order valence-electron chi connectivity index (χ4n) is 1.21. The third kappa shape index (κ3) is 2.10. The van der Waals surface area contributed by atoms with Crippen LogP contribution in [0, 0.1) is 0 Å². The van der Waals surface area contributed by atoms with Gasteiger partial charge in [-0.15, -0.1) is 11.6 Å². The van der Waals surface area contributed by atoms with Gasteiger partial charge < -0.3 is 9.72 Å². The number of rotatable bonds is 3. The predicted octanol–water partition coefficient (Wildman–Crippen LogP) is 2.22. The summed E-state index contributed by atoms with van der Waals surface area (Å²) in [6.07, 6.45) is 3.42. The van der Waals surface area contributed by atoms with Crippen LogP contribution in [0.5, 0.6) is 5.88 Å². The van der Waals surface area contributed by atoms with Crippen LogP contribution >= 0.6 is 11.6 Å². The Kier molecular flexibility index (Phi) is 2.87. The molecule has 1 N–H and O–H groups in total. The van der Waals surface area contributed by atoms with E-state index in [2.05, 4.69) is 15.0 Å². The first-order valence-electron chi connectivity index (χ1n) is 4.43. The molecule has 0 saturated carbocycles. The minimum Gasteiger partial charge on any atom is -0.481 e. The van der Waals surface area contributed by atoms with Gasteiger partial charge in [0.1, 0.15) is 5.82 Å². The second-order valence-electron chi connectivity index (χ2n) is 2.98. The number of nitrogens with one attached hydrogen (secondary N) is 1. The van der Waals surface area contributed by atoms with Crippen molar-refractivity contribution >= 4 is 11.6 Å². The third-order valence-corrected chi connectivity index (χ3v) is 2.28. The highest BCUT2D eigenvalue weighted by Crippen LogP contribution is 2.17. The topological polar surface area (TPSA) is 50.8 Å². The highest BCUT2D eigenvalue weighted by atomic mass is 35.5. The van der Waals surface area contributed by atoms with Crippen LogP contribution in [0.25, 0.3) is 11.4 Å². The van der Waals surface area contributed by atoms with Crippen molar-refractivity contribution in [1.82, 2.24) is 15.0 Å². The van der Waals surface area contributed by atoms with Crippen LogP contribution in [0.1, 0.15) is 5.69 Å². The average Bonchev–Trinajstić information content (AvgIpc) is 2.78. The summed E-state index contributed by atoms with van der Waals surface area (Å²) in [5.41, 5.74) is 1.80. The highest BCUT2D eigenvalue weighted by molar-refractivity contribution is 6.16. The van der Waals surface area contributed by atoms with E-state index in [0.717, 1.165) is 17.1 Å². The number of hydrogen-bond donors (Lipinski definition) is 1. The lowest BCUT2D eigenvalue weighted by Crippen LogP contribution is -1.88. The molecular weight excluding hydrogens is 214 g/mol. The van der Waals surface area contributed by atoms with Crippen LogP contribution in [0.15, 0.2) is 24.5 Å². The van der Waals surface area contributed by atoms with Gasteiger partial charge in [-0.3, -0.25) is 0 Å². The van der Waals surface area contributed by atoms with Crippen LogP contribution in [0.4, 0.5) is 0 Å². The van der Waals surface area contributed by atoms with Gasteiger partial charge in [0, 0.05) is 29.7 Å². The van der Waals surface area contributed by atoms with E-state index in [1.165, 1.54) is 0 Å². The number of H-pyrrole nitrogens is 1. The molecule has 0 radical (unpaired) electrons. The van der Waals surface area contributed by atoms with Gasteiger partial charge in [-0.1, -0.05) is 0 Å². The Bertz CT molecular complexity index is 438. The molecule has 0 aliphatic carbocycles. The van der Waals surface area contributed by atoms with Crippen molar-refractivity contribution in [3.05, 3.63) is 30.2 Å². The lowest BCUT2D eigenvalue weighted by molar-refractivity contribution is 0.398. The second kappa shape index (κ2) is 4.31. The fraction of sp³-hybridized carbons (Fsp3) is 0.200. The molecule has 0 aliphatic heterocycles. The van der Waals surface area contributed by atoms with Gasteiger partial charge in [0.05, 0.1) is 13.0 Å². The number of hydrogen-bond acceptors (Lipinski definition) is 3. The van der Waals surface area contributed by atoms with E-state index >= 15 is 0 Å². The molecule has 0 aliphatic rings. The fourth-order valence-corrected chi connectivity index (χ4v) is 1.35. The molecule has 0 spiro atoms. The molecule has 2 aromatic heterocycles. The normalized spacial score (nSPS) is 10.3. The Morgan fingerprint density at radius 1 is 1.33 bits per heavy atom. The van der Waals surface area contributed by atoms with Gasteiger partial charge >= 0.3 is 0 Å². The second-order valence-corrected chi connectivity index (χ2v) is 3.25. The van der Waals surface area contributed by atoms with Gasteiger partial charge in [0.15, 0.2) is 0 Å². The Morgan fingerprint density at radius 3 is 2.73 bits per heavy atom. The zero-order chi connectivity index (χ0) is 10.7. The van der Waals surface area contributed by atoms with Crippen molar-refractivity contribution in [2.45, 2.75) is 5.88 Å². The average molecular weight is 224 g/mol. The summed E-state index contributed by atoms with van der Waals surface area (Å²) in [5, 5.41) is 0. The lowest BCUT2D eigenvalue weighted by atomic mass is 10.3. The molecule has 0 atom stereocenters. The maximum atomic E-state index is 5.67. The zero-order valence-electron chi connectivity index (χ0n) is 8.20. The van der Waals surface area contributed by atoms with Gasteiger partial charge in [-0.2, -0.15) is 0 Å². The van der Waals surface area contributed by atoms with Gasteiger partial charge in [-0.05, 0) is 6.07 Å². The molecule has 0 amide bonds. The molecule has 78 valence electrons. The van der Waals surface area contributed by atoms with Crippen LogP contribution in [-0.4, -0.2) is 22.1 Å². The van der Waals surface area contributed by atoms with Crippen molar-refractivity contribution in [2.24, 2.45) is 0 Å². The van der Waals surface area contributed by atoms with E-state index < -0.39 is 0 Å². The van der Waals surface area contributed by atoms with Crippen LogP contribution in [-0.2, 0) is 5.88 Å². The molecule has 0 fully saturated rings. The summed E-state index contributed by atoms with van der Waals surface area (Å²) >= 11 is 5.67. The predicted molar refractivity (Wildman–Crippen MR) is 57.9 cm³/mol. The first-order chi connectivity index (χ1) is 7.33. The number of alkyl halides is 1. The molecule has 0 aromatic carbocycles. The molecule has 4 nitrogen and oxygen atoms in total. The number of pyridine rings is 1. The summed E-state index contributed by atoms with van der Waals surface area (Å²) in [6, 6.07) is 3.68. The molecule has 0 saturated heterocycles. The first-order valence-corrected chi connectivity index (χ1v) is 4.97. The number of aromatic amines is 1. The standard InChI is InChI=1S/C10H10ClN3O/c1-15-9-3-2-7(5-12-9)10-13-6-8(4-11)14-10/h2-3,5-6H,4H2,1H3,(H,13,14). The molecule has 0 bridgehead atoms. The van der Waals surface area contributed by atoms with Crippen molar-refractivity contribution < 1.29 is 4.74 Å². The number of aromatic nitrogens is 3. The van der Waals surface area contributed by atoms with E-state index in [4.69, 9.17) is 16.3 Å². The molecule has 0 unspecified atom stereocenters. The van der Waals surface area contributed by atoms with E-state index in [1.54, 1.807) is 25.6 Å². The third-order valence-electron chi connectivity index (χ3n) is 1.99. The number of ether oxygens (including phenoxy) is 1. The summed E-state index contributed by atoms with van der Waals surface area (Å²) in [6.45, 7) is 0. The van der Waals surface area contributed by atoms with Crippen LogP contribution in [0.3, 0.4) is 0 Å². The maximum absolute atomic E-state index is 5.67. The summed E-state index contributed by atoms with van der Waals surface area (Å²) in [7, 11) is 1.58. The van der Waals surface area contributed by atoms with Crippen LogP contribution in [0.2, 0.25) is 0 Å². The number of halogens is 1. The lowest BCUT2D eigenvalue weighted by Gasteiger charge is -1.99. The summed E-state index contributed by atoms with van der Waals surface area (Å²) < 4.78 is 4.97. The molecule has 15 heavy (non-hydrogen) atoms. The van der Waals surface area contributed by atoms with Gasteiger partial charge in [-0.25, -0.2) is 9.97 Å².